The molecule has 118 valence electrons. The van der Waals surface area contributed by atoms with Crippen molar-refractivity contribution in [3.63, 3.8) is 0 Å². The third kappa shape index (κ3) is 2.57. The molecule has 23 heavy (non-hydrogen) atoms. The van der Waals surface area contributed by atoms with Gasteiger partial charge in [0.15, 0.2) is 0 Å². The van der Waals surface area contributed by atoms with Crippen molar-refractivity contribution in [2.24, 2.45) is 0 Å². The molecule has 0 radical (unpaired) electrons. The normalized spacial score (nSPS) is 14.6. The zero-order valence-electron chi connectivity index (χ0n) is 12.4. The largest absolute Gasteiger partial charge is 0.277 e. The van der Waals surface area contributed by atoms with Gasteiger partial charge in [-0.05, 0) is 61.1 Å². The van der Waals surface area contributed by atoms with Gasteiger partial charge in [-0.2, -0.15) is 15.4 Å². The van der Waals surface area contributed by atoms with Gasteiger partial charge in [-0.15, -0.1) is 0 Å². The summed E-state index contributed by atoms with van der Waals surface area (Å²) < 4.78 is 28.0. The van der Waals surface area contributed by atoms with Crippen molar-refractivity contribution in [2.45, 2.75) is 30.6 Å². The van der Waals surface area contributed by atoms with Crippen LogP contribution >= 0.6 is 0 Å². The van der Waals surface area contributed by atoms with Gasteiger partial charge in [-0.3, -0.25) is 4.72 Å². The minimum Gasteiger partial charge on any atom is -0.277 e. The van der Waals surface area contributed by atoms with Crippen LogP contribution in [-0.4, -0.2) is 23.8 Å². The van der Waals surface area contributed by atoms with E-state index in [4.69, 9.17) is 0 Å². The summed E-state index contributed by atoms with van der Waals surface area (Å²) in [5.41, 5.74) is 3.95. The van der Waals surface area contributed by atoms with Gasteiger partial charge in [-0.25, -0.2) is 8.42 Å². The Morgan fingerprint density at radius 2 is 1.83 bits per heavy atom. The number of nitrogens with zero attached hydrogens (tertiary/aromatic N) is 2. The maximum Gasteiger partial charge on any atom is 0.261 e. The van der Waals surface area contributed by atoms with Crippen LogP contribution in [0, 0.1) is 0 Å². The van der Waals surface area contributed by atoms with E-state index in [1.807, 2.05) is 6.07 Å². The summed E-state index contributed by atoms with van der Waals surface area (Å²) in [5.74, 6) is 0. The first-order valence-electron chi connectivity index (χ1n) is 7.58. The number of hydrogen-bond acceptors (Lipinski definition) is 4. The minimum atomic E-state index is -3.65. The average molecular weight is 328 g/mol. The van der Waals surface area contributed by atoms with Crippen LogP contribution in [0.1, 0.15) is 24.0 Å². The summed E-state index contributed by atoms with van der Waals surface area (Å²) in [6.07, 6.45) is 4.26. The zero-order valence-corrected chi connectivity index (χ0v) is 13.2. The number of H-pyrrole nitrogens is 1. The van der Waals surface area contributed by atoms with Crippen molar-refractivity contribution in [1.29, 1.82) is 0 Å². The van der Waals surface area contributed by atoms with Gasteiger partial charge >= 0.3 is 0 Å². The second kappa shape index (κ2) is 5.34. The van der Waals surface area contributed by atoms with Crippen molar-refractivity contribution >= 4 is 26.7 Å². The Labute approximate surface area is 134 Å². The molecule has 0 aliphatic heterocycles. The quantitative estimate of drug-likeness (QED) is 0.773. The van der Waals surface area contributed by atoms with Crippen molar-refractivity contribution in [3.8, 4) is 0 Å². The Morgan fingerprint density at radius 1 is 1.00 bits per heavy atom. The predicted molar refractivity (Wildman–Crippen MR) is 87.8 cm³/mol. The third-order valence-corrected chi connectivity index (χ3v) is 5.58. The molecule has 1 aliphatic carbocycles. The fraction of sp³-hybridized carbons (Fsp3) is 0.250. The van der Waals surface area contributed by atoms with Crippen LogP contribution < -0.4 is 4.72 Å². The molecule has 0 fully saturated rings. The summed E-state index contributed by atoms with van der Waals surface area (Å²) in [7, 11) is -3.65. The molecule has 1 aliphatic rings. The molecular formula is C16H16N4O2S. The van der Waals surface area contributed by atoms with Gasteiger partial charge < -0.3 is 0 Å². The zero-order chi connectivity index (χ0) is 15.9. The first-order chi connectivity index (χ1) is 11.1. The Morgan fingerprint density at radius 3 is 2.70 bits per heavy atom. The van der Waals surface area contributed by atoms with Crippen LogP contribution in [-0.2, 0) is 22.9 Å². The van der Waals surface area contributed by atoms with E-state index in [0.717, 1.165) is 24.8 Å². The summed E-state index contributed by atoms with van der Waals surface area (Å²) in [6.45, 7) is 0. The maximum absolute atomic E-state index is 12.7. The lowest BCUT2D eigenvalue weighted by Gasteiger charge is -2.17. The van der Waals surface area contributed by atoms with E-state index >= 15 is 0 Å². The van der Waals surface area contributed by atoms with Crippen LogP contribution in [0.4, 0.5) is 5.69 Å². The number of sulfonamides is 1. The van der Waals surface area contributed by atoms with E-state index in [1.165, 1.54) is 12.0 Å². The molecule has 2 N–H and O–H groups in total. The van der Waals surface area contributed by atoms with Gasteiger partial charge in [0, 0.05) is 0 Å². The molecule has 1 heterocycles. The highest BCUT2D eigenvalue weighted by Crippen LogP contribution is 2.26. The fourth-order valence-electron chi connectivity index (χ4n) is 3.03. The monoisotopic (exact) mass is 328 g/mol. The minimum absolute atomic E-state index is 0.290. The van der Waals surface area contributed by atoms with Gasteiger partial charge in [-0.1, -0.05) is 12.1 Å². The molecule has 3 aromatic rings. The molecular weight excluding hydrogens is 312 g/mol. The fourth-order valence-corrected chi connectivity index (χ4v) is 4.15. The van der Waals surface area contributed by atoms with Crippen molar-refractivity contribution in [2.75, 3.05) is 4.72 Å². The lowest BCUT2D eigenvalue weighted by atomic mass is 9.92. The number of rotatable bonds is 3. The highest BCUT2D eigenvalue weighted by Gasteiger charge is 2.19. The smallest absolute Gasteiger partial charge is 0.261 e. The first-order valence-corrected chi connectivity index (χ1v) is 9.06. The van der Waals surface area contributed by atoms with Crippen LogP contribution in [0.5, 0.6) is 0 Å². The summed E-state index contributed by atoms with van der Waals surface area (Å²) >= 11 is 0. The number of aromatic amines is 1. The highest BCUT2D eigenvalue weighted by atomic mass is 32.2. The summed E-state index contributed by atoms with van der Waals surface area (Å²) in [4.78, 5) is 0.290. The molecule has 1 aromatic heterocycles. The number of para-hydroxylation sites is 1. The standard InChI is InChI=1S/C16H16N4O2S/c21-23(22,13-9-8-11-4-1-2-5-12(11)10-13)19-15-7-3-6-14-16(15)18-20-17-14/h3,6-10,19H,1-2,4-5H2,(H,17,18,20). The molecule has 0 atom stereocenters. The van der Waals surface area contributed by atoms with Gasteiger partial charge in [0.1, 0.15) is 11.0 Å². The van der Waals surface area contributed by atoms with Crippen LogP contribution in [0.3, 0.4) is 0 Å². The van der Waals surface area contributed by atoms with Crippen LogP contribution in [0.2, 0.25) is 0 Å². The van der Waals surface area contributed by atoms with Crippen molar-refractivity contribution < 1.29 is 8.42 Å². The average Bonchev–Trinajstić information content (AvgIpc) is 3.04. The number of aromatic nitrogens is 3. The Balaban J connectivity index is 1.72. The third-order valence-electron chi connectivity index (χ3n) is 4.22. The van der Waals surface area contributed by atoms with E-state index in [0.29, 0.717) is 21.6 Å². The van der Waals surface area contributed by atoms with E-state index in [1.54, 1.807) is 30.3 Å². The molecule has 0 unspecified atom stereocenters. The number of anilines is 1. The molecule has 0 amide bonds. The van der Waals surface area contributed by atoms with Gasteiger partial charge in [0.2, 0.25) is 0 Å². The maximum atomic E-state index is 12.7. The van der Waals surface area contributed by atoms with Crippen LogP contribution in [0.15, 0.2) is 41.3 Å². The number of nitrogens with one attached hydrogen (secondary N) is 2. The Kier molecular flexibility index (Phi) is 3.30. The topological polar surface area (TPSA) is 87.7 Å². The summed E-state index contributed by atoms with van der Waals surface area (Å²) in [6, 6.07) is 10.6. The lowest BCUT2D eigenvalue weighted by molar-refractivity contribution is 0.600. The number of benzene rings is 2. The molecule has 4 rings (SSSR count). The van der Waals surface area contributed by atoms with E-state index < -0.39 is 10.0 Å². The molecule has 0 saturated heterocycles. The van der Waals surface area contributed by atoms with Crippen molar-refractivity contribution in [3.05, 3.63) is 47.5 Å². The van der Waals surface area contributed by atoms with Gasteiger partial charge in [0.05, 0.1) is 10.6 Å². The van der Waals surface area contributed by atoms with E-state index in [2.05, 4.69) is 20.1 Å². The predicted octanol–water partition coefficient (Wildman–Crippen LogP) is 2.64. The van der Waals surface area contributed by atoms with E-state index in [9.17, 15) is 8.42 Å². The number of hydrogen-bond donors (Lipinski definition) is 2. The molecule has 2 aromatic carbocycles. The van der Waals surface area contributed by atoms with E-state index in [-0.39, 0.29) is 0 Å². The lowest BCUT2D eigenvalue weighted by Crippen LogP contribution is -2.14. The molecule has 0 spiro atoms. The number of fused-ring (bicyclic) bond motifs is 2. The molecule has 6 nitrogen and oxygen atoms in total. The molecule has 7 heteroatoms. The van der Waals surface area contributed by atoms with Gasteiger partial charge in [0.25, 0.3) is 10.0 Å². The Bertz CT molecular complexity index is 979. The molecule has 0 bridgehead atoms. The molecule has 0 saturated carbocycles. The number of aryl methyl sites for hydroxylation is 2. The second-order valence-electron chi connectivity index (χ2n) is 5.74. The second-order valence-corrected chi connectivity index (χ2v) is 7.42. The Hall–Kier alpha value is -2.41. The SMILES string of the molecule is O=S(=O)(Nc1cccc2n[nH]nc12)c1ccc2c(c1)CCCC2. The van der Waals surface area contributed by atoms with Crippen LogP contribution in [0.25, 0.3) is 11.0 Å². The summed E-state index contributed by atoms with van der Waals surface area (Å²) in [5, 5.41) is 10.5. The highest BCUT2D eigenvalue weighted by molar-refractivity contribution is 7.92. The first kappa shape index (κ1) is 14.2. The van der Waals surface area contributed by atoms with Crippen molar-refractivity contribution in [1.82, 2.24) is 15.4 Å².